The summed E-state index contributed by atoms with van der Waals surface area (Å²) in [6, 6.07) is 1.67. The number of methoxy groups -OCH3 is 1. The van der Waals surface area contributed by atoms with Gasteiger partial charge in [0.05, 0.1) is 0 Å². The number of fused-ring (bicyclic) bond motifs is 1. The van der Waals surface area contributed by atoms with E-state index in [0.717, 1.165) is 0 Å². The van der Waals surface area contributed by atoms with Crippen molar-refractivity contribution in [3.63, 3.8) is 0 Å². The van der Waals surface area contributed by atoms with Crippen molar-refractivity contribution in [3.05, 3.63) is 22.2 Å². The van der Waals surface area contributed by atoms with E-state index in [1.165, 1.54) is 0 Å². The zero-order chi connectivity index (χ0) is 13.4. The number of ether oxygens (including phenoxy) is 1. The summed E-state index contributed by atoms with van der Waals surface area (Å²) in [6.45, 7) is 0.305. The highest BCUT2D eigenvalue weighted by atomic mass is 16.5. The van der Waals surface area contributed by atoms with Gasteiger partial charge in [-0.3, -0.25) is 9.78 Å². The Labute approximate surface area is 105 Å². The number of rotatable bonds is 3. The molecule has 0 amide bonds. The summed E-state index contributed by atoms with van der Waals surface area (Å²) >= 11 is 0. The van der Waals surface area contributed by atoms with Crippen molar-refractivity contribution in [3.8, 4) is 11.5 Å². The average Bonchev–Trinajstić information content (AvgIpc) is 2.95. The van der Waals surface area contributed by atoms with Crippen LogP contribution in [-0.4, -0.2) is 32.2 Å². The minimum absolute atomic E-state index is 0.00998. The van der Waals surface area contributed by atoms with Crippen LogP contribution in [0.25, 0.3) is 22.7 Å². The number of aromatic nitrogens is 5. The molecule has 0 saturated heterocycles. The largest absolute Gasteiger partial charge is 0.377 e. The normalized spacial score (nSPS) is 11.2. The highest BCUT2D eigenvalue weighted by molar-refractivity contribution is 5.74. The molecule has 0 unspecified atom stereocenters. The van der Waals surface area contributed by atoms with Crippen LogP contribution < -0.4 is 11.3 Å². The Morgan fingerprint density at radius 2 is 2.26 bits per heavy atom. The van der Waals surface area contributed by atoms with Crippen molar-refractivity contribution in [1.29, 1.82) is 0 Å². The van der Waals surface area contributed by atoms with Gasteiger partial charge in [0.25, 0.3) is 5.56 Å². The fourth-order valence-electron chi connectivity index (χ4n) is 1.68. The Morgan fingerprint density at radius 1 is 1.42 bits per heavy atom. The van der Waals surface area contributed by atoms with E-state index in [9.17, 15) is 4.79 Å². The number of imidazole rings is 1. The van der Waals surface area contributed by atoms with Crippen molar-refractivity contribution in [2.45, 2.75) is 6.61 Å². The summed E-state index contributed by atoms with van der Waals surface area (Å²) < 4.78 is 9.97. The fourth-order valence-corrected chi connectivity index (χ4v) is 1.68. The number of nitrogens with one attached hydrogen (secondary N) is 2. The molecule has 0 radical (unpaired) electrons. The number of nitrogens with zero attached hydrogens (tertiary/aromatic N) is 3. The van der Waals surface area contributed by atoms with E-state index in [1.807, 2.05) is 0 Å². The van der Waals surface area contributed by atoms with Gasteiger partial charge in [0.15, 0.2) is 22.7 Å². The maximum atomic E-state index is 11.6. The number of aromatic amines is 2. The highest BCUT2D eigenvalue weighted by Gasteiger charge is 2.13. The third-order valence-electron chi connectivity index (χ3n) is 2.47. The molecule has 3 rings (SSSR count). The minimum atomic E-state index is -0.387. The Bertz CT molecular complexity index is 786. The monoisotopic (exact) mass is 262 g/mol. The van der Waals surface area contributed by atoms with Gasteiger partial charge in [-0.05, 0) is 0 Å². The Kier molecular flexibility index (Phi) is 2.53. The van der Waals surface area contributed by atoms with E-state index in [0.29, 0.717) is 23.9 Å². The molecule has 3 aromatic rings. The number of anilines is 1. The second-order valence-corrected chi connectivity index (χ2v) is 3.85. The van der Waals surface area contributed by atoms with Crippen molar-refractivity contribution < 1.29 is 9.26 Å². The molecule has 0 saturated carbocycles. The first-order valence-corrected chi connectivity index (χ1v) is 5.38. The third kappa shape index (κ3) is 1.95. The molecular formula is C10H10N6O3. The quantitative estimate of drug-likeness (QED) is 0.605. The van der Waals surface area contributed by atoms with Crippen LogP contribution in [0.15, 0.2) is 15.4 Å². The molecule has 0 bridgehead atoms. The molecule has 0 aliphatic heterocycles. The van der Waals surface area contributed by atoms with Gasteiger partial charge in [-0.2, -0.15) is 4.98 Å². The van der Waals surface area contributed by atoms with Crippen LogP contribution >= 0.6 is 0 Å². The summed E-state index contributed by atoms with van der Waals surface area (Å²) in [6.07, 6.45) is 0. The molecule has 0 atom stereocenters. The van der Waals surface area contributed by atoms with Crippen LogP contribution in [0.3, 0.4) is 0 Å². The molecule has 3 aromatic heterocycles. The van der Waals surface area contributed by atoms with Gasteiger partial charge in [0, 0.05) is 13.2 Å². The van der Waals surface area contributed by atoms with E-state index in [4.69, 9.17) is 15.0 Å². The summed E-state index contributed by atoms with van der Waals surface area (Å²) in [5, 5.41) is 3.83. The SMILES string of the molecule is COCc1cc(-c2nc3nc(N)[nH]c(=O)c3[nH]2)no1. The average molecular weight is 262 g/mol. The molecule has 3 heterocycles. The van der Waals surface area contributed by atoms with Gasteiger partial charge in [0.1, 0.15) is 12.3 Å². The Hall–Kier alpha value is -2.68. The fraction of sp³-hybridized carbons (Fsp3) is 0.200. The first-order valence-electron chi connectivity index (χ1n) is 5.38. The standard InChI is InChI=1S/C10H10N6O3/c1-18-3-4-2-5(16-19-4)7-12-6-8(13-7)14-10(11)15-9(6)17/h2H,3H2,1H3,(H4,11,12,13,14,15,17). The molecule has 0 aromatic carbocycles. The first kappa shape index (κ1) is 11.4. The molecule has 98 valence electrons. The second kappa shape index (κ2) is 4.21. The lowest BCUT2D eigenvalue weighted by Gasteiger charge is -1.89. The molecule has 0 spiro atoms. The summed E-state index contributed by atoms with van der Waals surface area (Å²) in [7, 11) is 1.55. The third-order valence-corrected chi connectivity index (χ3v) is 2.47. The summed E-state index contributed by atoms with van der Waals surface area (Å²) in [5.74, 6) is 0.944. The van der Waals surface area contributed by atoms with Crippen LogP contribution in [0.5, 0.6) is 0 Å². The van der Waals surface area contributed by atoms with Gasteiger partial charge >= 0.3 is 0 Å². The lowest BCUT2D eigenvalue weighted by Crippen LogP contribution is -2.10. The first-order chi connectivity index (χ1) is 9.17. The number of nitrogens with two attached hydrogens (primary N) is 1. The van der Waals surface area contributed by atoms with Crippen molar-refractivity contribution >= 4 is 17.1 Å². The van der Waals surface area contributed by atoms with E-state index in [2.05, 4.69) is 25.1 Å². The van der Waals surface area contributed by atoms with E-state index in [1.54, 1.807) is 13.2 Å². The molecule has 0 aliphatic carbocycles. The molecule has 0 aliphatic rings. The van der Waals surface area contributed by atoms with Crippen LogP contribution in [0, 0.1) is 0 Å². The number of H-pyrrole nitrogens is 2. The van der Waals surface area contributed by atoms with Crippen molar-refractivity contribution in [2.75, 3.05) is 12.8 Å². The molecule has 4 N–H and O–H groups in total. The number of hydrogen-bond acceptors (Lipinski definition) is 7. The zero-order valence-electron chi connectivity index (χ0n) is 9.93. The van der Waals surface area contributed by atoms with E-state index in [-0.39, 0.29) is 22.7 Å². The molecule has 9 nitrogen and oxygen atoms in total. The van der Waals surface area contributed by atoms with Gasteiger partial charge < -0.3 is 20.0 Å². The molecule has 9 heteroatoms. The maximum absolute atomic E-state index is 11.6. The second-order valence-electron chi connectivity index (χ2n) is 3.85. The predicted octanol–water partition coefficient (Wildman–Crippen LogP) is 0.0298. The van der Waals surface area contributed by atoms with Gasteiger partial charge in [-0.15, -0.1) is 0 Å². The Morgan fingerprint density at radius 3 is 3.05 bits per heavy atom. The molecular weight excluding hydrogens is 252 g/mol. The summed E-state index contributed by atoms with van der Waals surface area (Å²) in [5.41, 5.74) is 5.98. The molecule has 19 heavy (non-hydrogen) atoms. The lowest BCUT2D eigenvalue weighted by molar-refractivity contribution is 0.156. The van der Waals surface area contributed by atoms with Crippen molar-refractivity contribution in [2.24, 2.45) is 0 Å². The zero-order valence-corrected chi connectivity index (χ0v) is 9.93. The topological polar surface area (TPSA) is 136 Å². The van der Waals surface area contributed by atoms with Crippen molar-refractivity contribution in [1.82, 2.24) is 25.1 Å². The minimum Gasteiger partial charge on any atom is -0.377 e. The Balaban J connectivity index is 2.09. The van der Waals surface area contributed by atoms with Crippen LogP contribution in [-0.2, 0) is 11.3 Å². The van der Waals surface area contributed by atoms with E-state index < -0.39 is 0 Å². The smallest absolute Gasteiger partial charge is 0.278 e. The lowest BCUT2D eigenvalue weighted by atomic mass is 10.3. The van der Waals surface area contributed by atoms with Crippen LogP contribution in [0.1, 0.15) is 5.76 Å². The summed E-state index contributed by atoms with van der Waals surface area (Å²) in [4.78, 5) is 24.9. The number of hydrogen-bond donors (Lipinski definition) is 3. The van der Waals surface area contributed by atoms with E-state index >= 15 is 0 Å². The van der Waals surface area contributed by atoms with Gasteiger partial charge in [-0.1, -0.05) is 5.16 Å². The maximum Gasteiger partial charge on any atom is 0.278 e. The van der Waals surface area contributed by atoms with Gasteiger partial charge in [0.2, 0.25) is 5.95 Å². The van der Waals surface area contributed by atoms with Crippen LogP contribution in [0.2, 0.25) is 0 Å². The number of nitrogen functional groups attached to an aromatic ring is 1. The van der Waals surface area contributed by atoms with Crippen LogP contribution in [0.4, 0.5) is 5.95 Å². The highest BCUT2D eigenvalue weighted by Crippen LogP contribution is 2.18. The predicted molar refractivity (Wildman–Crippen MR) is 65.1 cm³/mol. The van der Waals surface area contributed by atoms with Gasteiger partial charge in [-0.25, -0.2) is 4.98 Å². The molecule has 0 fully saturated rings.